The topological polar surface area (TPSA) is 118 Å². The first-order chi connectivity index (χ1) is 13.9. The van der Waals surface area contributed by atoms with E-state index in [-0.39, 0.29) is 29.0 Å². The zero-order chi connectivity index (χ0) is 22.5. The first kappa shape index (κ1) is 23.9. The highest BCUT2D eigenvalue weighted by Crippen LogP contribution is 2.67. The van der Waals surface area contributed by atoms with Crippen LogP contribution in [-0.2, 0) is 20.8 Å². The van der Waals surface area contributed by atoms with E-state index in [1.165, 1.54) is 5.57 Å². The Morgan fingerprint density at radius 1 is 1.23 bits per heavy atom. The molecule has 3 saturated carbocycles. The van der Waals surface area contributed by atoms with Gasteiger partial charge in [0.15, 0.2) is 11.6 Å². The molecule has 0 radical (unpaired) electrons. The fourth-order valence-corrected chi connectivity index (χ4v) is 7.28. The standard InChI is InChI=1S/C21H30O5.C2H6OS/c1-19-7-5-13(23)9-12(19)3-4-14-15-6-8-21(26,17(25)11-22)20(15,2)10-16(24)18(14)19;1-4(2)3/h9,14-16,18,22,24,26H,3-8,10-11H2,1-2H3;1-2H3/t14-,15-,16-,18+,19-,20-,21-;/m0./s1. The van der Waals surface area contributed by atoms with E-state index < -0.39 is 40.7 Å². The molecular weight excluding hydrogens is 404 g/mol. The molecule has 3 N–H and O–H groups in total. The van der Waals surface area contributed by atoms with Crippen LogP contribution < -0.4 is 0 Å². The lowest BCUT2D eigenvalue weighted by molar-refractivity contribution is -0.182. The molecule has 170 valence electrons. The molecule has 0 heterocycles. The zero-order valence-corrected chi connectivity index (χ0v) is 19.3. The Morgan fingerprint density at radius 2 is 1.87 bits per heavy atom. The maximum absolute atomic E-state index is 12.4. The van der Waals surface area contributed by atoms with Gasteiger partial charge in [-0.2, -0.15) is 0 Å². The van der Waals surface area contributed by atoms with Crippen LogP contribution in [0.2, 0.25) is 0 Å². The molecule has 0 saturated heterocycles. The molecule has 0 spiro atoms. The van der Waals surface area contributed by atoms with Crippen LogP contribution in [0.3, 0.4) is 0 Å². The first-order valence-electron chi connectivity index (χ1n) is 10.9. The van der Waals surface area contributed by atoms with E-state index in [4.69, 9.17) is 0 Å². The van der Waals surface area contributed by atoms with Gasteiger partial charge in [0.2, 0.25) is 0 Å². The van der Waals surface area contributed by atoms with Gasteiger partial charge >= 0.3 is 0 Å². The van der Waals surface area contributed by atoms with E-state index in [1.807, 2.05) is 6.92 Å². The summed E-state index contributed by atoms with van der Waals surface area (Å²) in [6.45, 7) is 3.46. The smallest absolute Gasteiger partial charge is 0.190 e. The highest BCUT2D eigenvalue weighted by atomic mass is 32.2. The second-order valence-corrected chi connectivity index (χ2v) is 11.8. The van der Waals surface area contributed by atoms with E-state index >= 15 is 0 Å². The number of Topliss-reactive ketones (excluding diaryl/α,β-unsaturated/α-hetero) is 1. The number of fused-ring (bicyclic) bond motifs is 5. The fourth-order valence-electron chi connectivity index (χ4n) is 7.28. The van der Waals surface area contributed by atoms with Crippen LogP contribution in [0.15, 0.2) is 11.6 Å². The van der Waals surface area contributed by atoms with E-state index in [1.54, 1.807) is 18.6 Å². The van der Waals surface area contributed by atoms with E-state index in [0.29, 0.717) is 19.3 Å². The number of hydrogen-bond acceptors (Lipinski definition) is 6. The molecule has 0 aromatic carbocycles. The summed E-state index contributed by atoms with van der Waals surface area (Å²) in [6, 6.07) is 0. The minimum Gasteiger partial charge on any atom is -0.617 e. The molecular formula is C23H36O6S. The largest absolute Gasteiger partial charge is 0.617 e. The van der Waals surface area contributed by atoms with Crippen LogP contribution in [0.25, 0.3) is 0 Å². The number of carbonyl (C=O) groups excluding carboxylic acids is 2. The molecule has 0 unspecified atom stereocenters. The number of aliphatic hydroxyl groups is 3. The number of allylic oxidation sites excluding steroid dienone is 1. The van der Waals surface area contributed by atoms with Crippen LogP contribution in [0.1, 0.15) is 58.8 Å². The summed E-state index contributed by atoms with van der Waals surface area (Å²) in [5.41, 5.74) is -1.23. The van der Waals surface area contributed by atoms with Crippen molar-refractivity contribution in [3.05, 3.63) is 11.6 Å². The van der Waals surface area contributed by atoms with Crippen LogP contribution >= 0.6 is 0 Å². The normalized spacial score (nSPS) is 45.0. The highest BCUT2D eigenvalue weighted by molar-refractivity contribution is 7.89. The summed E-state index contributed by atoms with van der Waals surface area (Å²) >= 11 is -0.611. The van der Waals surface area contributed by atoms with Crippen LogP contribution in [0.4, 0.5) is 0 Å². The molecule has 30 heavy (non-hydrogen) atoms. The van der Waals surface area contributed by atoms with Crippen molar-refractivity contribution in [3.8, 4) is 0 Å². The first-order valence-corrected chi connectivity index (χ1v) is 12.9. The molecule has 4 aliphatic rings. The molecule has 0 bridgehead atoms. The van der Waals surface area contributed by atoms with Gasteiger partial charge in [0.25, 0.3) is 0 Å². The molecule has 0 aromatic rings. The Labute approximate surface area is 182 Å². The third-order valence-corrected chi connectivity index (χ3v) is 8.65. The average molecular weight is 441 g/mol. The highest BCUT2D eigenvalue weighted by Gasteiger charge is 2.68. The predicted octanol–water partition coefficient (Wildman–Crippen LogP) is 1.78. The number of ketones is 2. The van der Waals surface area contributed by atoms with Crippen LogP contribution in [0, 0.1) is 28.6 Å². The van der Waals surface area contributed by atoms with Crippen molar-refractivity contribution < 1.29 is 29.5 Å². The van der Waals surface area contributed by atoms with E-state index in [0.717, 1.165) is 25.7 Å². The zero-order valence-electron chi connectivity index (χ0n) is 18.5. The summed E-state index contributed by atoms with van der Waals surface area (Å²) in [6.07, 6.45) is 9.01. The van der Waals surface area contributed by atoms with Gasteiger partial charge in [0.05, 0.1) is 18.6 Å². The van der Waals surface area contributed by atoms with Crippen molar-refractivity contribution in [1.29, 1.82) is 0 Å². The molecule has 4 aliphatic carbocycles. The Bertz CT molecular complexity index is 732. The maximum atomic E-state index is 12.4. The minimum absolute atomic E-state index is 0.0697. The molecule has 7 heteroatoms. The quantitative estimate of drug-likeness (QED) is 0.563. The average Bonchev–Trinajstić information content (AvgIpc) is 2.92. The van der Waals surface area contributed by atoms with Gasteiger partial charge in [-0.15, -0.1) is 0 Å². The maximum Gasteiger partial charge on any atom is 0.190 e. The van der Waals surface area contributed by atoms with E-state index in [2.05, 4.69) is 6.92 Å². The van der Waals surface area contributed by atoms with Crippen molar-refractivity contribution in [3.63, 3.8) is 0 Å². The predicted molar refractivity (Wildman–Crippen MR) is 115 cm³/mol. The lowest BCUT2D eigenvalue weighted by Crippen LogP contribution is -2.62. The molecule has 3 fully saturated rings. The number of carbonyl (C=O) groups is 2. The molecule has 6 nitrogen and oxygen atoms in total. The van der Waals surface area contributed by atoms with Crippen molar-refractivity contribution >= 4 is 22.7 Å². The molecule has 0 aromatic heterocycles. The van der Waals surface area contributed by atoms with Gasteiger partial charge in [-0.05, 0) is 67.8 Å². The van der Waals surface area contributed by atoms with Gasteiger partial charge in [-0.1, -0.05) is 30.6 Å². The molecule has 0 amide bonds. The van der Waals surface area contributed by atoms with Crippen molar-refractivity contribution in [2.45, 2.75) is 70.5 Å². The Morgan fingerprint density at radius 3 is 2.47 bits per heavy atom. The Hall–Kier alpha value is -0.730. The van der Waals surface area contributed by atoms with Gasteiger partial charge < -0.3 is 19.9 Å². The van der Waals surface area contributed by atoms with E-state index in [9.17, 15) is 29.5 Å². The van der Waals surface area contributed by atoms with Crippen LogP contribution in [-0.4, -0.2) is 62.3 Å². The number of hydrogen-bond donors (Lipinski definition) is 3. The SMILES string of the molecule is C[C@]12CCC(=O)C=C1CC[C@@H]1[C@@H]2[C@@H](O)C[C@@]2(C)[C@H]1CC[C@]2(O)C(=O)CO.C[S+](C)[O-]. The second-order valence-electron chi connectivity index (χ2n) is 10.3. The number of rotatable bonds is 2. The summed E-state index contributed by atoms with van der Waals surface area (Å²) < 4.78 is 9.56. The second kappa shape index (κ2) is 8.32. The monoisotopic (exact) mass is 440 g/mol. The number of aliphatic hydroxyl groups excluding tert-OH is 2. The van der Waals surface area contributed by atoms with Gasteiger partial charge in [-0.3, -0.25) is 9.59 Å². The summed E-state index contributed by atoms with van der Waals surface area (Å²) in [5, 5.41) is 31.7. The van der Waals surface area contributed by atoms with Crippen molar-refractivity contribution in [1.82, 2.24) is 0 Å². The summed E-state index contributed by atoms with van der Waals surface area (Å²) in [5.74, 6) is 0.140. The summed E-state index contributed by atoms with van der Waals surface area (Å²) in [4.78, 5) is 24.3. The third-order valence-electron chi connectivity index (χ3n) is 8.65. The lowest BCUT2D eigenvalue weighted by atomic mass is 9.45. The summed E-state index contributed by atoms with van der Waals surface area (Å²) in [7, 11) is 0. The fraction of sp³-hybridized carbons (Fsp3) is 0.826. The lowest BCUT2D eigenvalue weighted by Gasteiger charge is -2.60. The van der Waals surface area contributed by atoms with Crippen molar-refractivity contribution in [2.24, 2.45) is 28.6 Å². The Balaban J connectivity index is 0.000000589. The van der Waals surface area contributed by atoms with Crippen molar-refractivity contribution in [2.75, 3.05) is 19.1 Å². The van der Waals surface area contributed by atoms with Gasteiger partial charge in [-0.25, -0.2) is 0 Å². The minimum atomic E-state index is -1.54. The molecule has 0 aliphatic heterocycles. The molecule has 7 atom stereocenters. The molecule has 4 rings (SSSR count). The third kappa shape index (κ3) is 3.60. The Kier molecular flexibility index (Phi) is 6.63. The van der Waals surface area contributed by atoms with Gasteiger partial charge in [0.1, 0.15) is 12.2 Å². The van der Waals surface area contributed by atoms with Gasteiger partial charge in [0, 0.05) is 11.8 Å². The van der Waals surface area contributed by atoms with Crippen LogP contribution in [0.5, 0.6) is 0 Å².